The van der Waals surface area contributed by atoms with Gasteiger partial charge in [0, 0.05) is 12.2 Å². The molecule has 17 heavy (non-hydrogen) atoms. The molecule has 1 aromatic heterocycles. The van der Waals surface area contributed by atoms with E-state index in [2.05, 4.69) is 24.1 Å². The molecule has 0 aliphatic heterocycles. The van der Waals surface area contributed by atoms with Gasteiger partial charge in [-0.05, 0) is 29.9 Å². The smallest absolute Gasteiger partial charge is 0.226 e. The fraction of sp³-hybridized carbons (Fsp3) is 0.538. The summed E-state index contributed by atoms with van der Waals surface area (Å²) in [5.41, 5.74) is 7.32. The molecule has 0 spiro atoms. The molecule has 1 unspecified atom stereocenters. The van der Waals surface area contributed by atoms with Crippen molar-refractivity contribution in [3.63, 3.8) is 0 Å². The molecule has 0 aromatic carbocycles. The molecule has 0 bridgehead atoms. The summed E-state index contributed by atoms with van der Waals surface area (Å²) >= 11 is 0. The molecule has 2 rings (SSSR count). The quantitative estimate of drug-likeness (QED) is 0.825. The zero-order valence-corrected chi connectivity index (χ0v) is 10.4. The largest absolute Gasteiger partial charge is 0.397 e. The maximum atomic E-state index is 11.7. The minimum absolute atomic E-state index is 0.0324. The van der Waals surface area contributed by atoms with Gasteiger partial charge in [-0.1, -0.05) is 13.8 Å². The topological polar surface area (TPSA) is 68.0 Å². The predicted octanol–water partition coefficient (Wildman–Crippen LogP) is 1.37. The number of nitrogens with one attached hydrogen (secondary N) is 1. The number of rotatable bonds is 4. The highest BCUT2D eigenvalue weighted by Gasteiger charge is 2.45. The molecular weight excluding hydrogens is 214 g/mol. The standard InChI is InChI=1S/C13H19N3O/c1-13(2)6-9(13)7-16-12(17)5-11-4-3-10(14)8-15-11/h3-4,8-9H,5-7,14H2,1-2H3,(H,16,17). The highest BCUT2D eigenvalue weighted by atomic mass is 16.1. The molecule has 0 radical (unpaired) electrons. The number of hydrogen-bond acceptors (Lipinski definition) is 3. The first-order chi connectivity index (χ1) is 7.97. The minimum atomic E-state index is 0.0324. The number of hydrogen-bond donors (Lipinski definition) is 2. The van der Waals surface area contributed by atoms with Gasteiger partial charge in [-0.25, -0.2) is 0 Å². The highest BCUT2D eigenvalue weighted by Crippen LogP contribution is 2.50. The normalized spacial score (nSPS) is 20.9. The second kappa shape index (κ2) is 4.35. The number of nitrogens with zero attached hydrogens (tertiary/aromatic N) is 1. The molecule has 1 aliphatic rings. The van der Waals surface area contributed by atoms with Crippen LogP contribution in [0.4, 0.5) is 5.69 Å². The fourth-order valence-electron chi connectivity index (χ4n) is 1.93. The van der Waals surface area contributed by atoms with Gasteiger partial charge < -0.3 is 11.1 Å². The SMILES string of the molecule is CC1(C)CC1CNC(=O)Cc1ccc(N)cn1. The zero-order valence-electron chi connectivity index (χ0n) is 10.4. The van der Waals surface area contributed by atoms with Crippen LogP contribution in [0.3, 0.4) is 0 Å². The molecule has 4 nitrogen and oxygen atoms in total. The molecule has 1 saturated carbocycles. The van der Waals surface area contributed by atoms with E-state index in [9.17, 15) is 4.79 Å². The van der Waals surface area contributed by atoms with Crippen molar-refractivity contribution in [1.82, 2.24) is 10.3 Å². The Morgan fingerprint density at radius 1 is 1.59 bits per heavy atom. The number of anilines is 1. The van der Waals surface area contributed by atoms with Crippen LogP contribution < -0.4 is 11.1 Å². The fourth-order valence-corrected chi connectivity index (χ4v) is 1.93. The van der Waals surface area contributed by atoms with Gasteiger partial charge in [-0.3, -0.25) is 9.78 Å². The van der Waals surface area contributed by atoms with Gasteiger partial charge in [0.1, 0.15) is 0 Å². The molecule has 1 aromatic rings. The average molecular weight is 233 g/mol. The summed E-state index contributed by atoms with van der Waals surface area (Å²) in [4.78, 5) is 15.8. The molecule has 0 saturated heterocycles. The summed E-state index contributed by atoms with van der Waals surface area (Å²) in [5.74, 6) is 0.663. The van der Waals surface area contributed by atoms with Crippen LogP contribution in [0.15, 0.2) is 18.3 Å². The van der Waals surface area contributed by atoms with Gasteiger partial charge in [0.2, 0.25) is 5.91 Å². The molecule has 1 aliphatic carbocycles. The summed E-state index contributed by atoms with van der Waals surface area (Å²) < 4.78 is 0. The Labute approximate surface area is 102 Å². The van der Waals surface area contributed by atoms with Gasteiger partial charge >= 0.3 is 0 Å². The van der Waals surface area contributed by atoms with E-state index in [1.165, 1.54) is 6.42 Å². The highest BCUT2D eigenvalue weighted by molar-refractivity contribution is 5.78. The van der Waals surface area contributed by atoms with Crippen LogP contribution in [0.5, 0.6) is 0 Å². The Morgan fingerprint density at radius 2 is 2.29 bits per heavy atom. The van der Waals surface area contributed by atoms with E-state index in [1.54, 1.807) is 18.3 Å². The van der Waals surface area contributed by atoms with Gasteiger partial charge in [0.15, 0.2) is 0 Å². The Bertz CT molecular complexity index is 411. The number of nitrogen functional groups attached to an aromatic ring is 1. The third-order valence-corrected chi connectivity index (χ3v) is 3.45. The number of carbonyl (C=O) groups excluding carboxylic acids is 1. The lowest BCUT2D eigenvalue weighted by Gasteiger charge is -2.06. The molecule has 92 valence electrons. The van der Waals surface area contributed by atoms with Crippen LogP contribution in [0, 0.1) is 11.3 Å². The van der Waals surface area contributed by atoms with Crippen LogP contribution >= 0.6 is 0 Å². The van der Waals surface area contributed by atoms with E-state index in [0.717, 1.165) is 12.2 Å². The van der Waals surface area contributed by atoms with Crippen molar-refractivity contribution in [3.05, 3.63) is 24.0 Å². The van der Waals surface area contributed by atoms with Gasteiger partial charge in [-0.2, -0.15) is 0 Å². The van der Waals surface area contributed by atoms with Crippen LogP contribution in [0.25, 0.3) is 0 Å². The molecule has 1 heterocycles. The molecule has 1 atom stereocenters. The second-order valence-corrected chi connectivity index (χ2v) is 5.45. The third-order valence-electron chi connectivity index (χ3n) is 3.45. The molecule has 3 N–H and O–H groups in total. The maximum Gasteiger partial charge on any atom is 0.226 e. The second-order valence-electron chi connectivity index (χ2n) is 5.45. The van der Waals surface area contributed by atoms with Gasteiger partial charge in [-0.15, -0.1) is 0 Å². The van der Waals surface area contributed by atoms with E-state index in [0.29, 0.717) is 23.4 Å². The summed E-state index contributed by atoms with van der Waals surface area (Å²) in [6, 6.07) is 3.55. The lowest BCUT2D eigenvalue weighted by atomic mass is 10.1. The van der Waals surface area contributed by atoms with Crippen LogP contribution in [0.2, 0.25) is 0 Å². The number of pyridine rings is 1. The molecule has 4 heteroatoms. The summed E-state index contributed by atoms with van der Waals surface area (Å²) in [5, 5.41) is 2.95. The van der Waals surface area contributed by atoms with Crippen LogP contribution in [0.1, 0.15) is 26.0 Å². The van der Waals surface area contributed by atoms with Crippen molar-refractivity contribution in [1.29, 1.82) is 0 Å². The number of carbonyl (C=O) groups is 1. The van der Waals surface area contributed by atoms with Gasteiger partial charge in [0.25, 0.3) is 0 Å². The first kappa shape index (κ1) is 11.9. The number of aromatic nitrogens is 1. The summed E-state index contributed by atoms with van der Waals surface area (Å²) in [6.07, 6.45) is 3.10. The third kappa shape index (κ3) is 3.19. The van der Waals surface area contributed by atoms with E-state index in [4.69, 9.17) is 5.73 Å². The molecule has 1 amide bonds. The monoisotopic (exact) mass is 233 g/mol. The van der Waals surface area contributed by atoms with E-state index in [-0.39, 0.29) is 5.91 Å². The first-order valence-corrected chi connectivity index (χ1v) is 5.94. The number of amides is 1. The Kier molecular flexibility index (Phi) is 3.05. The predicted molar refractivity (Wildman–Crippen MR) is 67.3 cm³/mol. The zero-order chi connectivity index (χ0) is 12.5. The van der Waals surface area contributed by atoms with Crippen molar-refractivity contribution in [2.75, 3.05) is 12.3 Å². The summed E-state index contributed by atoms with van der Waals surface area (Å²) in [6.45, 7) is 5.23. The van der Waals surface area contributed by atoms with Crippen molar-refractivity contribution < 1.29 is 4.79 Å². The van der Waals surface area contributed by atoms with E-state index >= 15 is 0 Å². The van der Waals surface area contributed by atoms with Crippen molar-refractivity contribution in [2.45, 2.75) is 26.7 Å². The lowest BCUT2D eigenvalue weighted by Crippen LogP contribution is -2.28. The summed E-state index contributed by atoms with van der Waals surface area (Å²) in [7, 11) is 0. The Hall–Kier alpha value is -1.58. The first-order valence-electron chi connectivity index (χ1n) is 5.94. The van der Waals surface area contributed by atoms with Crippen molar-refractivity contribution in [2.24, 2.45) is 11.3 Å². The van der Waals surface area contributed by atoms with Crippen LogP contribution in [-0.2, 0) is 11.2 Å². The van der Waals surface area contributed by atoms with Gasteiger partial charge in [0.05, 0.1) is 18.3 Å². The maximum absolute atomic E-state index is 11.7. The molecule has 1 fully saturated rings. The number of nitrogens with two attached hydrogens (primary N) is 1. The van der Waals surface area contributed by atoms with Crippen molar-refractivity contribution >= 4 is 11.6 Å². The lowest BCUT2D eigenvalue weighted by molar-refractivity contribution is -0.120. The van der Waals surface area contributed by atoms with Crippen LogP contribution in [-0.4, -0.2) is 17.4 Å². The molecular formula is C13H19N3O. The van der Waals surface area contributed by atoms with Crippen molar-refractivity contribution in [3.8, 4) is 0 Å². The Balaban J connectivity index is 1.76. The minimum Gasteiger partial charge on any atom is -0.397 e. The van der Waals surface area contributed by atoms with E-state index in [1.807, 2.05) is 0 Å². The average Bonchev–Trinajstić information content (AvgIpc) is 2.87. The Morgan fingerprint density at radius 3 is 2.82 bits per heavy atom. The van der Waals surface area contributed by atoms with E-state index < -0.39 is 0 Å².